The molecule has 0 bridgehead atoms. The molecule has 2 aromatic heterocycles. The van der Waals surface area contributed by atoms with Crippen LogP contribution in [0.15, 0.2) is 24.5 Å². The number of aliphatic hydroxyl groups is 1. The summed E-state index contributed by atoms with van der Waals surface area (Å²) in [5, 5.41) is 11.5. The standard InChI is InChI=1S/C12H15ClN2O/c1-3-12(2,16)8-15-7-5-9-10(15)4-6-14-11(9)13/h4-7,16H,3,8H2,1-2H3. The molecule has 16 heavy (non-hydrogen) atoms. The van der Waals surface area contributed by atoms with E-state index in [1.807, 2.05) is 36.7 Å². The van der Waals surface area contributed by atoms with E-state index < -0.39 is 5.60 Å². The summed E-state index contributed by atoms with van der Waals surface area (Å²) in [5.74, 6) is 0. The Bertz CT molecular complexity index is 505. The van der Waals surface area contributed by atoms with E-state index in [1.54, 1.807) is 6.20 Å². The molecule has 0 spiro atoms. The van der Waals surface area contributed by atoms with E-state index in [9.17, 15) is 5.11 Å². The van der Waals surface area contributed by atoms with E-state index in [2.05, 4.69) is 4.98 Å². The molecule has 3 nitrogen and oxygen atoms in total. The first-order valence-electron chi connectivity index (χ1n) is 5.35. The molecule has 0 saturated heterocycles. The van der Waals surface area contributed by atoms with Crippen molar-refractivity contribution >= 4 is 22.5 Å². The number of halogens is 1. The van der Waals surface area contributed by atoms with E-state index in [0.29, 0.717) is 18.1 Å². The van der Waals surface area contributed by atoms with Crippen LogP contribution in [0.2, 0.25) is 5.15 Å². The second kappa shape index (κ2) is 4.07. The van der Waals surface area contributed by atoms with Gasteiger partial charge in [0.2, 0.25) is 0 Å². The number of hydrogen-bond acceptors (Lipinski definition) is 2. The molecule has 0 radical (unpaired) electrons. The molecule has 0 fully saturated rings. The van der Waals surface area contributed by atoms with Gasteiger partial charge < -0.3 is 9.67 Å². The van der Waals surface area contributed by atoms with Gasteiger partial charge in [-0.15, -0.1) is 0 Å². The van der Waals surface area contributed by atoms with Gasteiger partial charge in [0.05, 0.1) is 17.7 Å². The van der Waals surface area contributed by atoms with Crippen molar-refractivity contribution in [2.45, 2.75) is 32.4 Å². The molecule has 0 aliphatic carbocycles. The zero-order valence-corrected chi connectivity index (χ0v) is 10.2. The monoisotopic (exact) mass is 238 g/mol. The van der Waals surface area contributed by atoms with Gasteiger partial charge in [-0.05, 0) is 25.5 Å². The Morgan fingerprint density at radius 1 is 1.50 bits per heavy atom. The molecular weight excluding hydrogens is 224 g/mol. The average molecular weight is 239 g/mol. The van der Waals surface area contributed by atoms with Gasteiger partial charge in [0, 0.05) is 17.8 Å². The Hall–Kier alpha value is -1.06. The van der Waals surface area contributed by atoms with Gasteiger partial charge in [-0.2, -0.15) is 0 Å². The predicted molar refractivity (Wildman–Crippen MR) is 65.7 cm³/mol. The summed E-state index contributed by atoms with van der Waals surface area (Å²) in [6, 6.07) is 3.84. The molecule has 0 amide bonds. The number of pyridine rings is 1. The van der Waals surface area contributed by atoms with Crippen molar-refractivity contribution < 1.29 is 5.11 Å². The molecular formula is C12H15ClN2O. The maximum absolute atomic E-state index is 10.1. The minimum absolute atomic E-state index is 0.507. The summed E-state index contributed by atoms with van der Waals surface area (Å²) in [6.45, 7) is 4.37. The van der Waals surface area contributed by atoms with E-state index in [0.717, 1.165) is 10.9 Å². The molecule has 0 aliphatic heterocycles. The summed E-state index contributed by atoms with van der Waals surface area (Å²) < 4.78 is 2.01. The average Bonchev–Trinajstić information content (AvgIpc) is 2.63. The highest BCUT2D eigenvalue weighted by atomic mass is 35.5. The van der Waals surface area contributed by atoms with Crippen LogP contribution in [-0.4, -0.2) is 20.3 Å². The van der Waals surface area contributed by atoms with E-state index in [-0.39, 0.29) is 0 Å². The maximum atomic E-state index is 10.1. The lowest BCUT2D eigenvalue weighted by molar-refractivity contribution is 0.0392. The molecule has 2 aromatic rings. The fourth-order valence-corrected chi connectivity index (χ4v) is 1.92. The van der Waals surface area contributed by atoms with Crippen LogP contribution in [0, 0.1) is 0 Å². The van der Waals surface area contributed by atoms with Crippen molar-refractivity contribution in [1.82, 2.24) is 9.55 Å². The lowest BCUT2D eigenvalue weighted by Gasteiger charge is -2.22. The Balaban J connectivity index is 2.43. The molecule has 4 heteroatoms. The van der Waals surface area contributed by atoms with Crippen LogP contribution < -0.4 is 0 Å². The van der Waals surface area contributed by atoms with Crippen LogP contribution in [0.1, 0.15) is 20.3 Å². The second-order valence-electron chi connectivity index (χ2n) is 4.33. The first kappa shape index (κ1) is 11.4. The lowest BCUT2D eigenvalue weighted by atomic mass is 10.0. The van der Waals surface area contributed by atoms with Gasteiger partial charge in [0.15, 0.2) is 0 Å². The quantitative estimate of drug-likeness (QED) is 0.835. The molecule has 1 unspecified atom stereocenters. The minimum atomic E-state index is -0.693. The zero-order chi connectivity index (χ0) is 11.8. The number of hydrogen-bond donors (Lipinski definition) is 1. The molecule has 2 rings (SSSR count). The Labute approximate surface area is 99.7 Å². The van der Waals surface area contributed by atoms with Crippen LogP contribution in [0.4, 0.5) is 0 Å². The number of fused-ring (bicyclic) bond motifs is 1. The van der Waals surface area contributed by atoms with E-state index in [4.69, 9.17) is 11.6 Å². The largest absolute Gasteiger partial charge is 0.388 e. The van der Waals surface area contributed by atoms with Crippen molar-refractivity contribution in [3.63, 3.8) is 0 Å². The Morgan fingerprint density at radius 2 is 2.25 bits per heavy atom. The van der Waals surface area contributed by atoms with Gasteiger partial charge in [0.25, 0.3) is 0 Å². The minimum Gasteiger partial charge on any atom is -0.388 e. The van der Waals surface area contributed by atoms with Gasteiger partial charge in [-0.25, -0.2) is 4.98 Å². The van der Waals surface area contributed by atoms with Crippen LogP contribution >= 0.6 is 11.6 Å². The SMILES string of the molecule is CCC(C)(O)Cn1ccc2c(Cl)nccc21. The van der Waals surface area contributed by atoms with Gasteiger partial charge in [-0.1, -0.05) is 18.5 Å². The number of rotatable bonds is 3. The molecule has 0 aromatic carbocycles. The van der Waals surface area contributed by atoms with Crippen molar-refractivity contribution in [1.29, 1.82) is 0 Å². The van der Waals surface area contributed by atoms with Crippen LogP contribution in [0.25, 0.3) is 10.9 Å². The van der Waals surface area contributed by atoms with E-state index >= 15 is 0 Å². The zero-order valence-electron chi connectivity index (χ0n) is 9.44. The van der Waals surface area contributed by atoms with Crippen molar-refractivity contribution in [2.75, 3.05) is 0 Å². The van der Waals surface area contributed by atoms with Crippen molar-refractivity contribution in [3.05, 3.63) is 29.7 Å². The van der Waals surface area contributed by atoms with E-state index in [1.165, 1.54) is 0 Å². The van der Waals surface area contributed by atoms with Crippen molar-refractivity contribution in [3.8, 4) is 0 Å². The Morgan fingerprint density at radius 3 is 2.94 bits per heavy atom. The highest BCUT2D eigenvalue weighted by Crippen LogP contribution is 2.24. The Kier molecular flexibility index (Phi) is 2.91. The first-order valence-corrected chi connectivity index (χ1v) is 5.73. The molecule has 0 saturated carbocycles. The second-order valence-corrected chi connectivity index (χ2v) is 4.69. The summed E-state index contributed by atoms with van der Waals surface area (Å²) in [7, 11) is 0. The highest BCUT2D eigenvalue weighted by Gasteiger charge is 2.19. The summed E-state index contributed by atoms with van der Waals surface area (Å²) in [6.07, 6.45) is 4.33. The van der Waals surface area contributed by atoms with Gasteiger partial charge in [0.1, 0.15) is 5.15 Å². The third-order valence-corrected chi connectivity index (χ3v) is 3.22. The summed E-state index contributed by atoms with van der Waals surface area (Å²) >= 11 is 5.99. The topological polar surface area (TPSA) is 38.0 Å². The maximum Gasteiger partial charge on any atom is 0.138 e. The molecule has 1 atom stereocenters. The summed E-state index contributed by atoms with van der Waals surface area (Å²) in [4.78, 5) is 4.03. The fourth-order valence-electron chi connectivity index (χ4n) is 1.70. The van der Waals surface area contributed by atoms with Gasteiger partial charge >= 0.3 is 0 Å². The summed E-state index contributed by atoms with van der Waals surface area (Å²) in [5.41, 5.74) is 0.315. The van der Waals surface area contributed by atoms with Crippen LogP contribution in [-0.2, 0) is 6.54 Å². The molecule has 2 heterocycles. The molecule has 86 valence electrons. The lowest BCUT2D eigenvalue weighted by Crippen LogP contribution is -2.28. The third kappa shape index (κ3) is 2.06. The van der Waals surface area contributed by atoms with Crippen molar-refractivity contribution in [2.24, 2.45) is 0 Å². The van der Waals surface area contributed by atoms with Crippen LogP contribution in [0.3, 0.4) is 0 Å². The third-order valence-electron chi connectivity index (χ3n) is 2.92. The first-order chi connectivity index (χ1) is 7.53. The fraction of sp³-hybridized carbons (Fsp3) is 0.417. The van der Waals surface area contributed by atoms with Crippen LogP contribution in [0.5, 0.6) is 0 Å². The smallest absolute Gasteiger partial charge is 0.138 e. The normalized spacial score (nSPS) is 15.2. The molecule has 0 aliphatic rings. The highest BCUT2D eigenvalue weighted by molar-refractivity contribution is 6.34. The predicted octanol–water partition coefficient (Wildman–Crippen LogP) is 2.85. The molecule has 1 N–H and O–H groups in total. The number of aromatic nitrogens is 2. The van der Waals surface area contributed by atoms with Gasteiger partial charge in [-0.3, -0.25) is 0 Å². The number of nitrogens with zero attached hydrogens (tertiary/aromatic N) is 2.